The Balaban J connectivity index is 1.40. The van der Waals surface area contributed by atoms with E-state index in [0.29, 0.717) is 44.2 Å². The van der Waals surface area contributed by atoms with E-state index in [1.165, 1.54) is 4.90 Å². The molecule has 9 heteroatoms. The number of amides is 1. The fourth-order valence-corrected chi connectivity index (χ4v) is 4.06. The number of nitrogens with two attached hydrogens (primary N) is 2. The molecule has 0 aromatic heterocycles. The van der Waals surface area contributed by atoms with Crippen LogP contribution in [-0.2, 0) is 30.5 Å². The van der Waals surface area contributed by atoms with Crippen LogP contribution in [0, 0.1) is 0 Å². The zero-order valence-electron chi connectivity index (χ0n) is 20.2. The van der Waals surface area contributed by atoms with Crippen LogP contribution in [-0.4, -0.2) is 59.8 Å². The number of likely N-dealkylation sites (tertiary alicyclic amines) is 1. The number of Topliss-reactive ketones (excluding diaryl/α,β-unsaturated/α-hetero) is 1. The van der Waals surface area contributed by atoms with Gasteiger partial charge in [-0.05, 0) is 37.7 Å². The number of hydrogen-bond donors (Lipinski definition) is 2. The molecule has 36 heavy (non-hydrogen) atoms. The van der Waals surface area contributed by atoms with Gasteiger partial charge in [-0.1, -0.05) is 60.7 Å². The van der Waals surface area contributed by atoms with Gasteiger partial charge in [0, 0.05) is 12.1 Å². The number of benzene rings is 2. The lowest BCUT2D eigenvalue weighted by atomic mass is 10.0. The van der Waals surface area contributed by atoms with E-state index in [0.717, 1.165) is 5.56 Å². The maximum Gasteiger partial charge on any atom is 0.329 e. The molecule has 0 saturated carbocycles. The lowest BCUT2D eigenvalue weighted by molar-refractivity contribution is -0.152. The third kappa shape index (κ3) is 7.73. The monoisotopic (exact) mass is 495 g/mol. The molecule has 1 amide bonds. The molecule has 1 fully saturated rings. The second kappa shape index (κ2) is 13.5. The fraction of sp³-hybridized carbons (Fsp3) is 0.407. The van der Waals surface area contributed by atoms with Crippen molar-refractivity contribution in [1.82, 2.24) is 4.90 Å². The Bertz CT molecular complexity index is 1030. The predicted octanol–water partition coefficient (Wildman–Crippen LogP) is 1.97. The number of carbonyl (C=O) groups is 4. The summed E-state index contributed by atoms with van der Waals surface area (Å²) >= 11 is 0. The molecule has 1 aliphatic rings. The van der Waals surface area contributed by atoms with Crippen molar-refractivity contribution in [2.45, 2.75) is 56.8 Å². The van der Waals surface area contributed by atoms with Crippen molar-refractivity contribution < 1.29 is 28.7 Å². The molecule has 4 N–H and O–H groups in total. The molecular formula is C27H33N3O6. The van der Waals surface area contributed by atoms with Gasteiger partial charge in [0.2, 0.25) is 5.91 Å². The number of carbonyl (C=O) groups excluding carboxylic acids is 4. The number of nitrogens with zero attached hydrogens (tertiary/aromatic N) is 1. The number of ether oxygens (including phenoxy) is 2. The Morgan fingerprint density at radius 2 is 1.53 bits per heavy atom. The quantitative estimate of drug-likeness (QED) is 0.336. The summed E-state index contributed by atoms with van der Waals surface area (Å²) in [5, 5.41) is 0. The molecule has 0 bridgehead atoms. The minimum Gasteiger partial charge on any atom is -0.460 e. The van der Waals surface area contributed by atoms with Crippen LogP contribution < -0.4 is 11.5 Å². The third-order valence-corrected chi connectivity index (χ3v) is 6.12. The number of hydrogen-bond acceptors (Lipinski definition) is 8. The lowest BCUT2D eigenvalue weighted by Crippen LogP contribution is -2.49. The summed E-state index contributed by atoms with van der Waals surface area (Å²) in [6, 6.07) is 15.4. The van der Waals surface area contributed by atoms with E-state index in [4.69, 9.17) is 20.9 Å². The van der Waals surface area contributed by atoms with E-state index < -0.39 is 30.1 Å². The minimum atomic E-state index is -0.836. The van der Waals surface area contributed by atoms with Gasteiger partial charge in [0.05, 0.1) is 6.04 Å². The highest BCUT2D eigenvalue weighted by atomic mass is 16.5. The van der Waals surface area contributed by atoms with E-state index in [1.54, 1.807) is 30.3 Å². The van der Waals surface area contributed by atoms with Crippen LogP contribution >= 0.6 is 0 Å². The van der Waals surface area contributed by atoms with Crippen molar-refractivity contribution in [1.29, 1.82) is 0 Å². The minimum absolute atomic E-state index is 0.148. The van der Waals surface area contributed by atoms with E-state index in [2.05, 4.69) is 0 Å². The zero-order valence-corrected chi connectivity index (χ0v) is 20.2. The molecule has 1 aliphatic heterocycles. The predicted molar refractivity (Wildman–Crippen MR) is 133 cm³/mol. The molecule has 1 saturated heterocycles. The van der Waals surface area contributed by atoms with E-state index in [-0.39, 0.29) is 24.9 Å². The van der Waals surface area contributed by atoms with Crippen molar-refractivity contribution in [3.8, 4) is 0 Å². The topological polar surface area (TPSA) is 142 Å². The van der Waals surface area contributed by atoms with Crippen LogP contribution in [0.5, 0.6) is 0 Å². The van der Waals surface area contributed by atoms with Gasteiger partial charge in [0.25, 0.3) is 0 Å². The first-order valence-electron chi connectivity index (χ1n) is 12.1. The average molecular weight is 496 g/mol. The van der Waals surface area contributed by atoms with Gasteiger partial charge in [-0.25, -0.2) is 4.79 Å². The Morgan fingerprint density at radius 3 is 2.22 bits per heavy atom. The molecule has 192 valence electrons. The van der Waals surface area contributed by atoms with Gasteiger partial charge in [0.1, 0.15) is 18.7 Å². The molecule has 2 aromatic rings. The Hall–Kier alpha value is -3.56. The van der Waals surface area contributed by atoms with Crippen molar-refractivity contribution in [3.05, 3.63) is 71.8 Å². The zero-order chi connectivity index (χ0) is 25.9. The van der Waals surface area contributed by atoms with Crippen molar-refractivity contribution in [3.63, 3.8) is 0 Å². The van der Waals surface area contributed by atoms with Gasteiger partial charge in [-0.2, -0.15) is 0 Å². The number of rotatable bonds is 12. The highest BCUT2D eigenvalue weighted by Crippen LogP contribution is 2.20. The van der Waals surface area contributed by atoms with Crippen molar-refractivity contribution in [2.24, 2.45) is 11.5 Å². The van der Waals surface area contributed by atoms with Crippen molar-refractivity contribution in [2.75, 3.05) is 13.2 Å². The summed E-state index contributed by atoms with van der Waals surface area (Å²) in [7, 11) is 0. The highest BCUT2D eigenvalue weighted by molar-refractivity contribution is 5.98. The average Bonchev–Trinajstić information content (AvgIpc) is 3.40. The third-order valence-electron chi connectivity index (χ3n) is 6.12. The molecule has 2 aromatic carbocycles. The van der Waals surface area contributed by atoms with E-state index >= 15 is 0 Å². The highest BCUT2D eigenvalue weighted by Gasteiger charge is 2.37. The SMILES string of the molecule is NC(CCC[C@H](N)C(=O)N1CCC[C@@H]1C(=O)OCC(=O)c1ccccc1)C(=O)OCc1ccccc1. The molecular weight excluding hydrogens is 462 g/mol. The second-order valence-corrected chi connectivity index (χ2v) is 8.82. The van der Waals surface area contributed by atoms with Gasteiger partial charge in [0.15, 0.2) is 12.4 Å². The van der Waals surface area contributed by atoms with Crippen LogP contribution in [0.4, 0.5) is 0 Å². The van der Waals surface area contributed by atoms with Gasteiger partial charge < -0.3 is 25.8 Å². The Labute approximate surface area is 210 Å². The molecule has 3 atom stereocenters. The van der Waals surface area contributed by atoms with Crippen LogP contribution in [0.3, 0.4) is 0 Å². The normalized spacial score (nSPS) is 16.7. The van der Waals surface area contributed by atoms with Crippen LogP contribution in [0.2, 0.25) is 0 Å². The number of esters is 2. The Kier molecular flexibility index (Phi) is 10.1. The first-order chi connectivity index (χ1) is 17.4. The molecule has 0 aliphatic carbocycles. The standard InChI is InChI=1S/C27H33N3O6/c28-21(13-7-14-22(29)26(33)35-17-19-9-3-1-4-10-19)25(32)30-16-8-15-23(30)27(34)36-18-24(31)20-11-5-2-6-12-20/h1-6,9-12,21-23H,7-8,13-18,28-29H2/t21-,22?,23+/m0/s1. The second-order valence-electron chi connectivity index (χ2n) is 8.82. The summed E-state index contributed by atoms with van der Waals surface area (Å²) in [5.74, 6) is -1.79. The summed E-state index contributed by atoms with van der Waals surface area (Å²) in [5.41, 5.74) is 13.4. The maximum absolute atomic E-state index is 12.9. The van der Waals surface area contributed by atoms with Crippen LogP contribution in [0.25, 0.3) is 0 Å². The first-order valence-corrected chi connectivity index (χ1v) is 12.1. The first kappa shape index (κ1) is 27.0. The summed E-state index contributed by atoms with van der Waals surface area (Å²) < 4.78 is 10.4. The molecule has 1 unspecified atom stereocenters. The summed E-state index contributed by atoms with van der Waals surface area (Å²) in [6.45, 7) is 0.157. The summed E-state index contributed by atoms with van der Waals surface area (Å²) in [4.78, 5) is 51.2. The summed E-state index contributed by atoms with van der Waals surface area (Å²) in [6.07, 6.45) is 2.17. The fourth-order valence-electron chi connectivity index (χ4n) is 4.06. The molecule has 0 radical (unpaired) electrons. The van der Waals surface area contributed by atoms with Crippen LogP contribution in [0.1, 0.15) is 48.0 Å². The van der Waals surface area contributed by atoms with Gasteiger partial charge >= 0.3 is 11.9 Å². The molecule has 0 spiro atoms. The van der Waals surface area contributed by atoms with E-state index in [9.17, 15) is 19.2 Å². The van der Waals surface area contributed by atoms with Gasteiger partial charge in [-0.15, -0.1) is 0 Å². The van der Waals surface area contributed by atoms with E-state index in [1.807, 2.05) is 30.3 Å². The van der Waals surface area contributed by atoms with Crippen LogP contribution in [0.15, 0.2) is 60.7 Å². The molecule has 1 heterocycles. The Morgan fingerprint density at radius 1 is 0.889 bits per heavy atom. The largest absolute Gasteiger partial charge is 0.460 e. The molecule has 9 nitrogen and oxygen atoms in total. The lowest BCUT2D eigenvalue weighted by Gasteiger charge is -2.26. The van der Waals surface area contributed by atoms with Gasteiger partial charge in [-0.3, -0.25) is 14.4 Å². The van der Waals surface area contributed by atoms with Crippen molar-refractivity contribution >= 4 is 23.6 Å². The smallest absolute Gasteiger partial charge is 0.329 e. The molecule has 3 rings (SSSR count). The number of ketones is 1. The maximum atomic E-state index is 12.9.